The molecule has 1 aliphatic rings. The first-order valence-electron chi connectivity index (χ1n) is 6.25. The van der Waals surface area contributed by atoms with E-state index in [-0.39, 0.29) is 18.3 Å². The first-order valence-corrected chi connectivity index (χ1v) is 7.65. The largest absolute Gasteiger partial charge is 0.352 e. The first-order chi connectivity index (χ1) is 7.74. The molecule has 2 unspecified atom stereocenters. The third-order valence-electron chi connectivity index (χ3n) is 3.11. The molecule has 17 heavy (non-hydrogen) atoms. The van der Waals surface area contributed by atoms with Gasteiger partial charge >= 0.3 is 0 Å². The van der Waals surface area contributed by atoms with Gasteiger partial charge in [-0.15, -0.1) is 12.4 Å². The monoisotopic (exact) mass is 280 g/mol. The van der Waals surface area contributed by atoms with Crippen LogP contribution in [0.25, 0.3) is 0 Å². The maximum atomic E-state index is 11.7. The summed E-state index contributed by atoms with van der Waals surface area (Å²) in [6.45, 7) is 3.24. The van der Waals surface area contributed by atoms with Gasteiger partial charge < -0.3 is 10.6 Å². The lowest BCUT2D eigenvalue weighted by atomic mass is 9.99. The van der Waals surface area contributed by atoms with Crippen LogP contribution in [-0.2, 0) is 4.79 Å². The summed E-state index contributed by atoms with van der Waals surface area (Å²) in [6, 6.07) is 0.755. The van der Waals surface area contributed by atoms with Gasteiger partial charge in [-0.1, -0.05) is 0 Å². The molecule has 0 saturated carbocycles. The van der Waals surface area contributed by atoms with Gasteiger partial charge in [0.25, 0.3) is 0 Å². The summed E-state index contributed by atoms with van der Waals surface area (Å²) >= 11 is 1.85. The average Bonchev–Trinajstić information content (AvgIpc) is 2.28. The van der Waals surface area contributed by atoms with Crippen LogP contribution in [0.4, 0.5) is 0 Å². The van der Waals surface area contributed by atoms with Crippen LogP contribution < -0.4 is 10.6 Å². The number of amides is 1. The van der Waals surface area contributed by atoms with Crippen molar-refractivity contribution in [3.63, 3.8) is 0 Å². The fourth-order valence-electron chi connectivity index (χ4n) is 2.05. The van der Waals surface area contributed by atoms with Crippen molar-refractivity contribution >= 4 is 30.1 Å². The molecule has 0 radical (unpaired) electrons. The van der Waals surface area contributed by atoms with Gasteiger partial charge in [0.15, 0.2) is 0 Å². The van der Waals surface area contributed by atoms with Crippen LogP contribution in [0.15, 0.2) is 0 Å². The molecule has 0 bridgehead atoms. The van der Waals surface area contributed by atoms with Gasteiger partial charge in [0, 0.05) is 18.5 Å². The Morgan fingerprint density at radius 3 is 2.88 bits per heavy atom. The zero-order valence-electron chi connectivity index (χ0n) is 10.8. The number of halogens is 1. The topological polar surface area (TPSA) is 41.1 Å². The van der Waals surface area contributed by atoms with Crippen LogP contribution in [0.2, 0.25) is 0 Å². The zero-order valence-corrected chi connectivity index (χ0v) is 12.5. The summed E-state index contributed by atoms with van der Waals surface area (Å²) in [5, 5.41) is 6.53. The third-order valence-corrected chi connectivity index (χ3v) is 3.81. The van der Waals surface area contributed by atoms with Crippen molar-refractivity contribution in [3.8, 4) is 0 Å². The third kappa shape index (κ3) is 7.17. The van der Waals surface area contributed by atoms with E-state index in [0.717, 1.165) is 31.6 Å². The molecule has 0 aromatic rings. The second-order valence-corrected chi connectivity index (χ2v) is 5.49. The molecule has 1 saturated heterocycles. The fourth-order valence-corrected chi connectivity index (χ4v) is 2.54. The van der Waals surface area contributed by atoms with Crippen molar-refractivity contribution in [1.29, 1.82) is 0 Å². The van der Waals surface area contributed by atoms with Gasteiger partial charge in [0.05, 0.1) is 0 Å². The summed E-state index contributed by atoms with van der Waals surface area (Å²) in [7, 11) is 0. The van der Waals surface area contributed by atoms with Gasteiger partial charge in [-0.25, -0.2) is 0 Å². The minimum Gasteiger partial charge on any atom is -0.352 e. The Kier molecular flexibility index (Phi) is 10.1. The Balaban J connectivity index is 0.00000256. The van der Waals surface area contributed by atoms with E-state index in [1.54, 1.807) is 0 Å². The van der Waals surface area contributed by atoms with Crippen molar-refractivity contribution in [2.24, 2.45) is 0 Å². The fraction of sp³-hybridized carbons (Fsp3) is 0.917. The summed E-state index contributed by atoms with van der Waals surface area (Å²) in [5.74, 6) is 1.39. The standard InChI is InChI=1S/C12H24N2OS.ClH/c1-10-11(6-5-8-13-10)14-12(15)7-3-4-9-16-2;/h10-11,13H,3-9H2,1-2H3,(H,14,15);1H. The molecular weight excluding hydrogens is 256 g/mol. The Morgan fingerprint density at radius 1 is 1.47 bits per heavy atom. The number of hydrogen-bond donors (Lipinski definition) is 2. The molecule has 1 fully saturated rings. The zero-order chi connectivity index (χ0) is 11.8. The number of piperidine rings is 1. The molecule has 3 nitrogen and oxygen atoms in total. The van der Waals surface area contributed by atoms with E-state index in [1.807, 2.05) is 11.8 Å². The highest BCUT2D eigenvalue weighted by Gasteiger charge is 2.21. The van der Waals surface area contributed by atoms with E-state index >= 15 is 0 Å². The highest BCUT2D eigenvalue weighted by Crippen LogP contribution is 2.09. The number of rotatable bonds is 6. The van der Waals surface area contributed by atoms with E-state index in [4.69, 9.17) is 0 Å². The molecule has 1 rings (SSSR count). The van der Waals surface area contributed by atoms with Crippen LogP contribution in [-0.4, -0.2) is 36.5 Å². The number of carbonyl (C=O) groups excluding carboxylic acids is 1. The predicted octanol–water partition coefficient (Wildman–Crippen LogP) is 2.20. The van der Waals surface area contributed by atoms with Gasteiger partial charge in [-0.2, -0.15) is 11.8 Å². The second-order valence-electron chi connectivity index (χ2n) is 4.51. The SMILES string of the molecule is CSCCCCC(=O)NC1CCCNC1C.Cl. The van der Waals surface area contributed by atoms with E-state index in [9.17, 15) is 4.79 Å². The van der Waals surface area contributed by atoms with Crippen molar-refractivity contribution < 1.29 is 4.79 Å². The van der Waals surface area contributed by atoms with Gasteiger partial charge in [0.2, 0.25) is 5.91 Å². The summed E-state index contributed by atoms with van der Waals surface area (Å²) in [5.41, 5.74) is 0. The molecule has 0 aliphatic carbocycles. The van der Waals surface area contributed by atoms with Crippen molar-refractivity contribution in [1.82, 2.24) is 10.6 Å². The number of thioether (sulfide) groups is 1. The molecule has 2 atom stereocenters. The van der Waals surface area contributed by atoms with Crippen LogP contribution in [0.1, 0.15) is 39.0 Å². The number of hydrogen-bond acceptors (Lipinski definition) is 3. The quantitative estimate of drug-likeness (QED) is 0.733. The lowest BCUT2D eigenvalue weighted by Crippen LogP contribution is -2.51. The maximum Gasteiger partial charge on any atom is 0.220 e. The molecular formula is C12H25ClN2OS. The maximum absolute atomic E-state index is 11.7. The predicted molar refractivity (Wildman–Crippen MR) is 78.1 cm³/mol. The van der Waals surface area contributed by atoms with Gasteiger partial charge in [-0.3, -0.25) is 4.79 Å². The molecule has 0 aromatic heterocycles. The Labute approximate surface area is 115 Å². The summed E-state index contributed by atoms with van der Waals surface area (Å²) in [4.78, 5) is 11.7. The Hall–Kier alpha value is 0.0700. The molecule has 0 aromatic carbocycles. The minimum absolute atomic E-state index is 0. The highest BCUT2D eigenvalue weighted by atomic mass is 35.5. The van der Waals surface area contributed by atoms with E-state index in [2.05, 4.69) is 23.8 Å². The molecule has 1 amide bonds. The van der Waals surface area contributed by atoms with Crippen molar-refractivity contribution in [2.75, 3.05) is 18.6 Å². The van der Waals surface area contributed by atoms with E-state index in [0.29, 0.717) is 18.5 Å². The Morgan fingerprint density at radius 2 is 2.24 bits per heavy atom. The lowest BCUT2D eigenvalue weighted by Gasteiger charge is -2.30. The number of unbranched alkanes of at least 4 members (excludes halogenated alkanes) is 1. The van der Waals surface area contributed by atoms with Crippen molar-refractivity contribution in [3.05, 3.63) is 0 Å². The molecule has 102 valence electrons. The number of carbonyl (C=O) groups is 1. The van der Waals surface area contributed by atoms with Crippen LogP contribution in [0, 0.1) is 0 Å². The van der Waals surface area contributed by atoms with Crippen LogP contribution in [0.3, 0.4) is 0 Å². The van der Waals surface area contributed by atoms with E-state index in [1.165, 1.54) is 6.42 Å². The average molecular weight is 281 g/mol. The molecule has 2 N–H and O–H groups in total. The van der Waals surface area contributed by atoms with E-state index < -0.39 is 0 Å². The normalized spacial score (nSPS) is 23.9. The molecule has 5 heteroatoms. The van der Waals surface area contributed by atoms with Crippen LogP contribution >= 0.6 is 24.2 Å². The summed E-state index contributed by atoms with van der Waals surface area (Å²) in [6.07, 6.45) is 7.24. The van der Waals surface area contributed by atoms with Crippen molar-refractivity contribution in [2.45, 2.75) is 51.1 Å². The molecule has 1 heterocycles. The molecule has 1 aliphatic heterocycles. The second kappa shape index (κ2) is 10.0. The van der Waals surface area contributed by atoms with Gasteiger partial charge in [-0.05, 0) is 51.2 Å². The Bertz CT molecular complexity index is 217. The highest BCUT2D eigenvalue weighted by molar-refractivity contribution is 7.98. The van der Waals surface area contributed by atoms with Gasteiger partial charge in [0.1, 0.15) is 0 Å². The summed E-state index contributed by atoms with van der Waals surface area (Å²) < 4.78 is 0. The minimum atomic E-state index is 0. The lowest BCUT2D eigenvalue weighted by molar-refractivity contribution is -0.122. The van der Waals surface area contributed by atoms with Crippen LogP contribution in [0.5, 0.6) is 0 Å². The first kappa shape index (κ1) is 17.1. The number of nitrogens with one attached hydrogen (secondary N) is 2. The smallest absolute Gasteiger partial charge is 0.220 e. The molecule has 0 spiro atoms.